The Labute approximate surface area is 114 Å². The summed E-state index contributed by atoms with van der Waals surface area (Å²) in [6.07, 6.45) is 12.6. The monoisotopic (exact) mass is 261 g/mol. The second-order valence-corrected chi connectivity index (χ2v) is 5.92. The molecule has 0 saturated heterocycles. The highest BCUT2D eigenvalue weighted by molar-refractivity contribution is 5.91. The normalized spacial score (nSPS) is 21.7. The molecule has 1 N–H and O–H groups in total. The van der Waals surface area contributed by atoms with Crippen molar-refractivity contribution >= 4 is 11.7 Å². The summed E-state index contributed by atoms with van der Waals surface area (Å²) in [5.74, 6) is 1.30. The summed E-state index contributed by atoms with van der Waals surface area (Å²) >= 11 is 0. The van der Waals surface area contributed by atoms with Crippen LogP contribution in [0.5, 0.6) is 0 Å². The molecule has 1 aromatic rings. The van der Waals surface area contributed by atoms with Crippen molar-refractivity contribution in [2.45, 2.75) is 63.8 Å². The van der Waals surface area contributed by atoms with E-state index in [0.717, 1.165) is 18.7 Å². The van der Waals surface area contributed by atoms with Gasteiger partial charge in [0.05, 0.1) is 12.2 Å². The van der Waals surface area contributed by atoms with Gasteiger partial charge in [-0.1, -0.05) is 32.1 Å². The highest BCUT2D eigenvalue weighted by Crippen LogP contribution is 2.31. The molecule has 19 heavy (non-hydrogen) atoms. The van der Waals surface area contributed by atoms with Gasteiger partial charge in [0.15, 0.2) is 0 Å². The molecule has 2 aliphatic carbocycles. The van der Waals surface area contributed by atoms with Gasteiger partial charge in [-0.3, -0.25) is 4.79 Å². The number of amides is 1. The minimum Gasteiger partial charge on any atom is -0.311 e. The van der Waals surface area contributed by atoms with Crippen LogP contribution in [0.25, 0.3) is 0 Å². The van der Waals surface area contributed by atoms with Gasteiger partial charge in [-0.05, 0) is 25.7 Å². The van der Waals surface area contributed by atoms with Crippen LogP contribution in [0.3, 0.4) is 0 Å². The van der Waals surface area contributed by atoms with Gasteiger partial charge in [0.25, 0.3) is 0 Å². The molecule has 0 aromatic carbocycles. The molecule has 0 bridgehead atoms. The zero-order chi connectivity index (χ0) is 13.1. The Kier molecular flexibility index (Phi) is 3.85. The first-order valence-electron chi connectivity index (χ1n) is 7.69. The first-order valence-corrected chi connectivity index (χ1v) is 7.69. The van der Waals surface area contributed by atoms with E-state index in [4.69, 9.17) is 0 Å². The van der Waals surface area contributed by atoms with Crippen molar-refractivity contribution in [1.82, 2.24) is 9.78 Å². The molecule has 2 fully saturated rings. The number of anilines is 1. The summed E-state index contributed by atoms with van der Waals surface area (Å²) in [7, 11) is 0. The van der Waals surface area contributed by atoms with Crippen LogP contribution in [-0.2, 0) is 4.79 Å². The fourth-order valence-electron chi connectivity index (χ4n) is 3.45. The molecule has 4 heteroatoms. The lowest BCUT2D eigenvalue weighted by Gasteiger charge is -2.24. The van der Waals surface area contributed by atoms with E-state index in [1.165, 1.54) is 44.9 Å². The summed E-state index contributed by atoms with van der Waals surface area (Å²) in [4.78, 5) is 12.2. The summed E-state index contributed by atoms with van der Waals surface area (Å²) in [5.41, 5.74) is 0. The molecular formula is C15H23N3O. The number of hydrogen-bond acceptors (Lipinski definition) is 2. The number of nitrogens with zero attached hydrogens (tertiary/aromatic N) is 2. The molecule has 3 rings (SSSR count). The highest BCUT2D eigenvalue weighted by atomic mass is 16.2. The van der Waals surface area contributed by atoms with Crippen LogP contribution in [0.2, 0.25) is 0 Å². The number of aromatic nitrogens is 2. The fraction of sp³-hybridized carbons (Fsp3) is 0.733. The maximum absolute atomic E-state index is 12.2. The first kappa shape index (κ1) is 12.7. The predicted molar refractivity (Wildman–Crippen MR) is 74.9 cm³/mol. The van der Waals surface area contributed by atoms with Gasteiger partial charge in [-0.15, -0.1) is 0 Å². The number of hydrogen-bond donors (Lipinski definition) is 1. The molecule has 2 aliphatic rings. The van der Waals surface area contributed by atoms with Gasteiger partial charge in [0.2, 0.25) is 5.91 Å². The SMILES string of the molecule is O=C(Nc1ccnn1C1CCCCC1)C1CCCC1. The minimum atomic E-state index is 0.190. The van der Waals surface area contributed by atoms with Crippen LogP contribution in [0.15, 0.2) is 12.3 Å². The summed E-state index contributed by atoms with van der Waals surface area (Å²) in [6, 6.07) is 2.41. The smallest absolute Gasteiger partial charge is 0.228 e. The van der Waals surface area contributed by atoms with E-state index < -0.39 is 0 Å². The number of carbonyl (C=O) groups is 1. The van der Waals surface area contributed by atoms with Crippen molar-refractivity contribution in [2.24, 2.45) is 5.92 Å². The van der Waals surface area contributed by atoms with Crippen LogP contribution in [0.4, 0.5) is 5.82 Å². The molecule has 0 unspecified atom stereocenters. The van der Waals surface area contributed by atoms with E-state index in [9.17, 15) is 4.79 Å². The second-order valence-electron chi connectivity index (χ2n) is 5.92. The number of rotatable bonds is 3. The van der Waals surface area contributed by atoms with E-state index in [1.54, 1.807) is 6.20 Å². The van der Waals surface area contributed by atoms with Gasteiger partial charge in [0, 0.05) is 12.0 Å². The Balaban J connectivity index is 1.67. The van der Waals surface area contributed by atoms with Gasteiger partial charge in [-0.2, -0.15) is 5.10 Å². The third kappa shape index (κ3) is 2.82. The summed E-state index contributed by atoms with van der Waals surface area (Å²) < 4.78 is 2.03. The number of carbonyl (C=O) groups excluding carboxylic acids is 1. The predicted octanol–water partition coefficient (Wildman–Crippen LogP) is 3.52. The summed E-state index contributed by atoms with van der Waals surface area (Å²) in [6.45, 7) is 0. The van der Waals surface area contributed by atoms with Crippen molar-refractivity contribution in [3.63, 3.8) is 0 Å². The molecule has 2 saturated carbocycles. The standard InChI is InChI=1S/C15H23N3O/c19-15(12-6-4-5-7-12)17-14-10-11-16-18(14)13-8-2-1-3-9-13/h10-13H,1-9H2,(H,17,19). The average molecular weight is 261 g/mol. The van der Waals surface area contributed by atoms with Gasteiger partial charge in [-0.25, -0.2) is 4.68 Å². The zero-order valence-electron chi connectivity index (χ0n) is 11.5. The molecule has 4 nitrogen and oxygen atoms in total. The molecule has 104 valence electrons. The lowest BCUT2D eigenvalue weighted by molar-refractivity contribution is -0.119. The van der Waals surface area contributed by atoms with Crippen molar-refractivity contribution in [1.29, 1.82) is 0 Å². The Morgan fingerprint density at radius 2 is 1.79 bits per heavy atom. The Morgan fingerprint density at radius 3 is 2.53 bits per heavy atom. The van der Waals surface area contributed by atoms with Crippen LogP contribution >= 0.6 is 0 Å². The third-order valence-corrected chi connectivity index (χ3v) is 4.57. The lowest BCUT2D eigenvalue weighted by Crippen LogP contribution is -2.24. The molecule has 1 aromatic heterocycles. The number of nitrogens with one attached hydrogen (secondary N) is 1. The van der Waals surface area contributed by atoms with Crippen molar-refractivity contribution in [3.8, 4) is 0 Å². The van der Waals surface area contributed by atoms with Crippen molar-refractivity contribution in [2.75, 3.05) is 5.32 Å². The zero-order valence-corrected chi connectivity index (χ0v) is 11.5. The summed E-state index contributed by atoms with van der Waals surface area (Å²) in [5, 5.41) is 7.51. The molecule has 0 atom stereocenters. The van der Waals surface area contributed by atoms with Crippen molar-refractivity contribution < 1.29 is 4.79 Å². The third-order valence-electron chi connectivity index (χ3n) is 4.57. The average Bonchev–Trinajstić information content (AvgIpc) is 3.11. The van der Waals surface area contributed by atoms with Crippen LogP contribution in [0, 0.1) is 5.92 Å². The molecule has 1 heterocycles. The van der Waals surface area contributed by atoms with Crippen LogP contribution in [0.1, 0.15) is 63.8 Å². The van der Waals surface area contributed by atoms with Gasteiger partial charge >= 0.3 is 0 Å². The fourth-order valence-corrected chi connectivity index (χ4v) is 3.45. The molecule has 0 radical (unpaired) electrons. The topological polar surface area (TPSA) is 46.9 Å². The van der Waals surface area contributed by atoms with E-state index in [2.05, 4.69) is 10.4 Å². The van der Waals surface area contributed by atoms with Crippen LogP contribution in [-0.4, -0.2) is 15.7 Å². The largest absolute Gasteiger partial charge is 0.311 e. The minimum absolute atomic E-state index is 0.190. The van der Waals surface area contributed by atoms with Crippen molar-refractivity contribution in [3.05, 3.63) is 12.3 Å². The second kappa shape index (κ2) is 5.76. The maximum Gasteiger partial charge on any atom is 0.228 e. The lowest BCUT2D eigenvalue weighted by atomic mass is 9.96. The Morgan fingerprint density at radius 1 is 1.11 bits per heavy atom. The molecule has 0 aliphatic heterocycles. The molecule has 0 spiro atoms. The van der Waals surface area contributed by atoms with E-state index in [1.807, 2.05) is 10.7 Å². The Hall–Kier alpha value is -1.32. The van der Waals surface area contributed by atoms with E-state index in [-0.39, 0.29) is 11.8 Å². The quantitative estimate of drug-likeness (QED) is 0.905. The Bertz CT molecular complexity index is 428. The van der Waals surface area contributed by atoms with E-state index >= 15 is 0 Å². The highest BCUT2D eigenvalue weighted by Gasteiger charge is 2.24. The van der Waals surface area contributed by atoms with Crippen LogP contribution < -0.4 is 5.32 Å². The molecule has 1 amide bonds. The van der Waals surface area contributed by atoms with E-state index in [0.29, 0.717) is 6.04 Å². The maximum atomic E-state index is 12.2. The van der Waals surface area contributed by atoms with Gasteiger partial charge in [0.1, 0.15) is 5.82 Å². The first-order chi connectivity index (χ1) is 9.34. The van der Waals surface area contributed by atoms with Gasteiger partial charge < -0.3 is 5.32 Å². The molecular weight excluding hydrogens is 238 g/mol.